The van der Waals surface area contributed by atoms with Gasteiger partial charge in [0.25, 0.3) is 5.91 Å². The maximum Gasteiger partial charge on any atom is 0.343 e. The lowest BCUT2D eigenvalue weighted by molar-refractivity contribution is -0.142. The molecular weight excluding hydrogens is 470 g/mol. The molecule has 1 saturated heterocycles. The molecule has 0 aromatic heterocycles. The van der Waals surface area contributed by atoms with Gasteiger partial charge in [-0.15, -0.1) is 0 Å². The summed E-state index contributed by atoms with van der Waals surface area (Å²) >= 11 is 0. The molecule has 1 aliphatic heterocycles. The molecule has 36 heavy (non-hydrogen) atoms. The molecule has 10 heteroatoms. The minimum absolute atomic E-state index is 0.200. The van der Waals surface area contributed by atoms with Gasteiger partial charge in [0, 0.05) is 30.6 Å². The molecule has 0 bridgehead atoms. The smallest absolute Gasteiger partial charge is 0.343 e. The summed E-state index contributed by atoms with van der Waals surface area (Å²) in [5.74, 6) is 1.46. The minimum atomic E-state index is -0.540. The Kier molecular flexibility index (Phi) is 9.24. The van der Waals surface area contributed by atoms with Crippen LogP contribution >= 0.6 is 0 Å². The van der Waals surface area contributed by atoms with Crippen molar-refractivity contribution in [2.75, 3.05) is 68.5 Å². The van der Waals surface area contributed by atoms with Crippen molar-refractivity contribution >= 4 is 11.9 Å². The van der Waals surface area contributed by atoms with Crippen LogP contribution in [0.1, 0.15) is 27.0 Å². The fourth-order valence-corrected chi connectivity index (χ4v) is 4.18. The van der Waals surface area contributed by atoms with E-state index in [0.29, 0.717) is 67.0 Å². The lowest BCUT2D eigenvalue weighted by atomic mass is 9.96. The van der Waals surface area contributed by atoms with E-state index in [2.05, 4.69) is 4.74 Å². The van der Waals surface area contributed by atoms with Crippen molar-refractivity contribution in [3.05, 3.63) is 40.5 Å². The first-order valence-corrected chi connectivity index (χ1v) is 11.4. The summed E-state index contributed by atoms with van der Waals surface area (Å²) in [6, 6.07) is 5.29. The first-order chi connectivity index (χ1) is 17.4. The first kappa shape index (κ1) is 26.9. The average molecular weight is 504 g/mol. The van der Waals surface area contributed by atoms with E-state index in [1.807, 2.05) is 13.0 Å². The van der Waals surface area contributed by atoms with Gasteiger partial charge in [0.1, 0.15) is 5.75 Å². The molecule has 1 aliphatic rings. The van der Waals surface area contributed by atoms with Crippen LogP contribution in [0.4, 0.5) is 0 Å². The number of benzene rings is 2. The second kappa shape index (κ2) is 12.3. The Labute approximate surface area is 210 Å². The lowest BCUT2D eigenvalue weighted by Gasteiger charge is -2.27. The van der Waals surface area contributed by atoms with Gasteiger partial charge >= 0.3 is 5.97 Å². The number of nitrogens with zero attached hydrogens (tertiary/aromatic N) is 1. The zero-order valence-corrected chi connectivity index (χ0v) is 21.6. The van der Waals surface area contributed by atoms with Crippen molar-refractivity contribution in [2.24, 2.45) is 0 Å². The molecule has 1 heterocycles. The quantitative estimate of drug-likeness (QED) is 0.453. The SMILES string of the molecule is COC(=O)COc1ccc(Cc2c(C)c(OC)c(OC)c(OC)c2OC)cc1C(=O)N1CCOCC1. The Morgan fingerprint density at radius 3 is 2.08 bits per heavy atom. The summed E-state index contributed by atoms with van der Waals surface area (Å²) in [5.41, 5.74) is 2.81. The van der Waals surface area contributed by atoms with Crippen molar-refractivity contribution in [3.63, 3.8) is 0 Å². The number of carbonyl (C=O) groups excluding carboxylic acids is 2. The van der Waals surface area contributed by atoms with Gasteiger partial charge in [-0.25, -0.2) is 4.79 Å². The zero-order chi connectivity index (χ0) is 26.2. The Hall–Kier alpha value is -3.66. The Morgan fingerprint density at radius 1 is 0.889 bits per heavy atom. The zero-order valence-electron chi connectivity index (χ0n) is 21.6. The summed E-state index contributed by atoms with van der Waals surface area (Å²) < 4.78 is 38.1. The first-order valence-electron chi connectivity index (χ1n) is 11.4. The molecular formula is C26H33NO9. The van der Waals surface area contributed by atoms with Gasteiger partial charge in [-0.1, -0.05) is 6.07 Å². The van der Waals surface area contributed by atoms with Crippen LogP contribution in [0.15, 0.2) is 18.2 Å². The van der Waals surface area contributed by atoms with Gasteiger partial charge in [-0.2, -0.15) is 0 Å². The van der Waals surface area contributed by atoms with E-state index in [1.54, 1.807) is 31.3 Å². The fraction of sp³-hybridized carbons (Fsp3) is 0.462. The van der Waals surface area contributed by atoms with Crippen LogP contribution in [0.2, 0.25) is 0 Å². The Morgan fingerprint density at radius 2 is 1.50 bits per heavy atom. The number of amides is 1. The molecule has 0 atom stereocenters. The van der Waals surface area contributed by atoms with Gasteiger partial charge in [0.2, 0.25) is 11.5 Å². The molecule has 196 valence electrons. The van der Waals surface area contributed by atoms with Crippen LogP contribution in [0, 0.1) is 6.92 Å². The molecule has 10 nitrogen and oxygen atoms in total. The summed E-state index contributed by atoms with van der Waals surface area (Å²) in [6.07, 6.45) is 0.409. The number of methoxy groups -OCH3 is 5. The van der Waals surface area contributed by atoms with E-state index < -0.39 is 5.97 Å². The highest BCUT2D eigenvalue weighted by molar-refractivity contribution is 5.97. The average Bonchev–Trinajstić information content (AvgIpc) is 2.92. The normalized spacial score (nSPS) is 13.1. The highest BCUT2D eigenvalue weighted by Gasteiger charge is 2.27. The van der Waals surface area contributed by atoms with Gasteiger partial charge in [-0.05, 0) is 24.6 Å². The molecule has 0 saturated carbocycles. The maximum atomic E-state index is 13.4. The van der Waals surface area contributed by atoms with Crippen LogP contribution in [0.3, 0.4) is 0 Å². The van der Waals surface area contributed by atoms with E-state index in [9.17, 15) is 9.59 Å². The van der Waals surface area contributed by atoms with Crippen LogP contribution in [-0.4, -0.2) is 85.2 Å². The van der Waals surface area contributed by atoms with Crippen molar-refractivity contribution < 1.29 is 42.7 Å². The number of hydrogen-bond acceptors (Lipinski definition) is 9. The van der Waals surface area contributed by atoms with Crippen LogP contribution in [0.25, 0.3) is 0 Å². The largest absolute Gasteiger partial charge is 0.492 e. The van der Waals surface area contributed by atoms with Crippen molar-refractivity contribution in [2.45, 2.75) is 13.3 Å². The second-order valence-corrected chi connectivity index (χ2v) is 8.01. The summed E-state index contributed by atoms with van der Waals surface area (Å²) in [7, 11) is 7.47. The highest BCUT2D eigenvalue weighted by Crippen LogP contribution is 2.49. The summed E-state index contributed by atoms with van der Waals surface area (Å²) in [6.45, 7) is 3.47. The summed E-state index contributed by atoms with van der Waals surface area (Å²) in [4.78, 5) is 26.8. The molecule has 0 unspecified atom stereocenters. The minimum Gasteiger partial charge on any atom is -0.492 e. The standard InChI is InChI=1S/C26H33NO9/c1-16-18(23(32-4)25(34-6)24(33-5)22(16)31-3)13-17-7-8-20(36-15-21(28)30-2)19(14-17)26(29)27-9-11-35-12-10-27/h7-8,14H,9-13,15H2,1-6H3. The molecule has 3 rings (SSSR count). The maximum absolute atomic E-state index is 13.4. The monoisotopic (exact) mass is 503 g/mol. The highest BCUT2D eigenvalue weighted by atomic mass is 16.6. The van der Waals surface area contributed by atoms with Crippen molar-refractivity contribution in [1.82, 2.24) is 4.90 Å². The van der Waals surface area contributed by atoms with Gasteiger partial charge in [0.05, 0.1) is 54.3 Å². The molecule has 1 amide bonds. The third-order valence-electron chi connectivity index (χ3n) is 6.03. The number of morpholine rings is 1. The van der Waals surface area contributed by atoms with E-state index in [0.717, 1.165) is 16.7 Å². The van der Waals surface area contributed by atoms with Crippen LogP contribution < -0.4 is 23.7 Å². The van der Waals surface area contributed by atoms with E-state index in [1.165, 1.54) is 21.3 Å². The van der Waals surface area contributed by atoms with E-state index in [-0.39, 0.29) is 12.5 Å². The third-order valence-corrected chi connectivity index (χ3v) is 6.03. The van der Waals surface area contributed by atoms with E-state index in [4.69, 9.17) is 28.4 Å². The number of hydrogen-bond donors (Lipinski definition) is 0. The molecule has 0 aliphatic carbocycles. The Bertz CT molecular complexity index is 1090. The molecule has 0 spiro atoms. The fourth-order valence-electron chi connectivity index (χ4n) is 4.18. The number of carbonyl (C=O) groups is 2. The summed E-state index contributed by atoms with van der Waals surface area (Å²) in [5, 5.41) is 0. The number of esters is 1. The van der Waals surface area contributed by atoms with Crippen LogP contribution in [0.5, 0.6) is 28.7 Å². The van der Waals surface area contributed by atoms with Crippen molar-refractivity contribution in [1.29, 1.82) is 0 Å². The third kappa shape index (κ3) is 5.59. The topological polar surface area (TPSA) is 102 Å². The molecule has 2 aromatic rings. The number of rotatable bonds is 10. The van der Waals surface area contributed by atoms with Gasteiger partial charge in [0.15, 0.2) is 18.1 Å². The van der Waals surface area contributed by atoms with Gasteiger partial charge < -0.3 is 38.1 Å². The lowest BCUT2D eigenvalue weighted by Crippen LogP contribution is -2.40. The molecule has 2 aromatic carbocycles. The number of ether oxygens (including phenoxy) is 7. The predicted molar refractivity (Wildman–Crippen MR) is 131 cm³/mol. The predicted octanol–water partition coefficient (Wildman–Crippen LogP) is 2.64. The second-order valence-electron chi connectivity index (χ2n) is 8.01. The van der Waals surface area contributed by atoms with Gasteiger partial charge in [-0.3, -0.25) is 4.79 Å². The molecule has 1 fully saturated rings. The van der Waals surface area contributed by atoms with E-state index >= 15 is 0 Å². The molecule has 0 radical (unpaired) electrons. The van der Waals surface area contributed by atoms with Crippen LogP contribution in [-0.2, 0) is 20.7 Å². The Balaban J connectivity index is 2.06. The van der Waals surface area contributed by atoms with Crippen molar-refractivity contribution in [3.8, 4) is 28.7 Å². The molecule has 0 N–H and O–H groups in total.